The third kappa shape index (κ3) is 5.50. The Morgan fingerprint density at radius 2 is 1.95 bits per heavy atom. The number of nitrogens with one attached hydrogen (secondary N) is 1. The SMILES string of the molecule is COC1CNC(C(=O)N(CC(=O)N(C)C)CC(F)(F)F)C1. The molecule has 0 radical (unpaired) electrons. The summed E-state index contributed by atoms with van der Waals surface area (Å²) in [6, 6.07) is -0.757. The summed E-state index contributed by atoms with van der Waals surface area (Å²) >= 11 is 0. The number of alkyl halides is 3. The highest BCUT2D eigenvalue weighted by Gasteiger charge is 2.38. The quantitative estimate of drug-likeness (QED) is 0.767. The molecule has 122 valence electrons. The van der Waals surface area contributed by atoms with E-state index in [1.54, 1.807) is 0 Å². The summed E-state index contributed by atoms with van der Waals surface area (Å²) in [5.41, 5.74) is 0. The van der Waals surface area contributed by atoms with Gasteiger partial charge in [-0.25, -0.2) is 0 Å². The lowest BCUT2D eigenvalue weighted by molar-refractivity contribution is -0.165. The second-order valence-corrected chi connectivity index (χ2v) is 5.15. The van der Waals surface area contributed by atoms with E-state index in [0.29, 0.717) is 17.9 Å². The minimum atomic E-state index is -4.55. The number of methoxy groups -OCH3 is 1. The van der Waals surface area contributed by atoms with Gasteiger partial charge in [-0.05, 0) is 6.42 Å². The lowest BCUT2D eigenvalue weighted by Crippen LogP contribution is -2.50. The Bertz CT molecular complexity index is 388. The molecule has 1 heterocycles. The largest absolute Gasteiger partial charge is 0.406 e. The minimum Gasteiger partial charge on any atom is -0.380 e. The number of nitrogens with zero attached hydrogens (tertiary/aromatic N) is 2. The molecule has 9 heteroatoms. The predicted octanol–water partition coefficient (Wildman–Crippen LogP) is -0.158. The van der Waals surface area contributed by atoms with E-state index in [1.807, 2.05) is 0 Å². The van der Waals surface area contributed by atoms with E-state index in [4.69, 9.17) is 4.74 Å². The van der Waals surface area contributed by atoms with E-state index in [0.717, 1.165) is 4.90 Å². The van der Waals surface area contributed by atoms with Gasteiger partial charge in [-0.1, -0.05) is 0 Å². The molecule has 6 nitrogen and oxygen atoms in total. The molecule has 0 aromatic rings. The minimum absolute atomic E-state index is 0.212. The van der Waals surface area contributed by atoms with Gasteiger partial charge < -0.3 is 19.9 Å². The molecule has 0 bridgehead atoms. The maximum Gasteiger partial charge on any atom is 0.406 e. The number of amides is 2. The van der Waals surface area contributed by atoms with Crippen LogP contribution in [0, 0.1) is 0 Å². The van der Waals surface area contributed by atoms with Crippen LogP contribution in [0.15, 0.2) is 0 Å². The number of carbonyl (C=O) groups excluding carboxylic acids is 2. The number of likely N-dealkylation sites (N-methyl/N-ethyl adjacent to an activating group) is 1. The summed E-state index contributed by atoms with van der Waals surface area (Å²) in [5, 5.41) is 2.82. The van der Waals surface area contributed by atoms with Gasteiger partial charge in [0.2, 0.25) is 11.8 Å². The van der Waals surface area contributed by atoms with Gasteiger partial charge in [0.15, 0.2) is 0 Å². The molecule has 2 atom stereocenters. The summed E-state index contributed by atoms with van der Waals surface area (Å²) in [7, 11) is 4.32. The predicted molar refractivity (Wildman–Crippen MR) is 68.5 cm³/mol. The van der Waals surface area contributed by atoms with Crippen LogP contribution in [0.2, 0.25) is 0 Å². The first-order valence-electron chi connectivity index (χ1n) is 6.46. The van der Waals surface area contributed by atoms with Crippen LogP contribution in [-0.4, -0.2) is 80.8 Å². The van der Waals surface area contributed by atoms with E-state index in [9.17, 15) is 22.8 Å². The summed E-state index contributed by atoms with van der Waals surface area (Å²) in [4.78, 5) is 25.5. The van der Waals surface area contributed by atoms with Crippen LogP contribution in [0.1, 0.15) is 6.42 Å². The van der Waals surface area contributed by atoms with Crippen LogP contribution in [-0.2, 0) is 14.3 Å². The summed E-state index contributed by atoms with van der Waals surface area (Å²) in [6.07, 6.45) is -4.47. The molecule has 1 rings (SSSR count). The van der Waals surface area contributed by atoms with Crippen molar-refractivity contribution >= 4 is 11.8 Å². The van der Waals surface area contributed by atoms with Gasteiger partial charge in [-0.3, -0.25) is 9.59 Å². The Hall–Kier alpha value is -1.35. The molecule has 2 amide bonds. The van der Waals surface area contributed by atoms with Gasteiger partial charge >= 0.3 is 6.18 Å². The number of rotatable bonds is 5. The lowest BCUT2D eigenvalue weighted by Gasteiger charge is -2.27. The fraction of sp³-hybridized carbons (Fsp3) is 0.833. The van der Waals surface area contributed by atoms with Gasteiger partial charge in [-0.15, -0.1) is 0 Å². The summed E-state index contributed by atoms with van der Waals surface area (Å²) < 4.78 is 42.8. The van der Waals surface area contributed by atoms with Crippen LogP contribution in [0.5, 0.6) is 0 Å². The monoisotopic (exact) mass is 311 g/mol. The molecular weight excluding hydrogens is 291 g/mol. The van der Waals surface area contributed by atoms with Gasteiger partial charge in [0, 0.05) is 27.7 Å². The highest BCUT2D eigenvalue weighted by atomic mass is 19.4. The summed E-state index contributed by atoms with van der Waals surface area (Å²) in [6.45, 7) is -1.64. The normalized spacial score (nSPS) is 22.2. The number of hydrogen-bond donors (Lipinski definition) is 1. The Balaban J connectivity index is 2.75. The number of hydrogen-bond acceptors (Lipinski definition) is 4. The second kappa shape index (κ2) is 7.08. The molecule has 1 aliphatic heterocycles. The molecule has 0 aliphatic carbocycles. The Morgan fingerprint density at radius 1 is 1.33 bits per heavy atom. The molecule has 1 aliphatic rings. The molecule has 0 spiro atoms. The molecule has 21 heavy (non-hydrogen) atoms. The molecule has 1 saturated heterocycles. The van der Waals surface area contributed by atoms with Crippen LogP contribution < -0.4 is 5.32 Å². The van der Waals surface area contributed by atoms with Crippen LogP contribution >= 0.6 is 0 Å². The highest BCUT2D eigenvalue weighted by molar-refractivity contribution is 5.87. The number of ether oxygens (including phenoxy) is 1. The fourth-order valence-electron chi connectivity index (χ4n) is 2.02. The van der Waals surface area contributed by atoms with Gasteiger partial charge in [0.05, 0.1) is 12.1 Å². The topological polar surface area (TPSA) is 61.9 Å². The van der Waals surface area contributed by atoms with E-state index < -0.39 is 37.1 Å². The smallest absolute Gasteiger partial charge is 0.380 e. The Labute approximate surface area is 121 Å². The van der Waals surface area contributed by atoms with E-state index in [2.05, 4.69) is 5.32 Å². The molecule has 1 N–H and O–H groups in total. The molecular formula is C12H20F3N3O3. The lowest BCUT2D eigenvalue weighted by atomic mass is 10.1. The van der Waals surface area contributed by atoms with Crippen LogP contribution in [0.3, 0.4) is 0 Å². The first-order chi connectivity index (χ1) is 9.64. The zero-order valence-electron chi connectivity index (χ0n) is 12.2. The van der Waals surface area contributed by atoms with E-state index in [1.165, 1.54) is 21.2 Å². The maximum atomic E-state index is 12.6. The third-order valence-electron chi connectivity index (χ3n) is 3.23. The van der Waals surface area contributed by atoms with Crippen molar-refractivity contribution < 1.29 is 27.5 Å². The average Bonchev–Trinajstić information content (AvgIpc) is 2.83. The van der Waals surface area contributed by atoms with E-state index in [-0.39, 0.29) is 6.10 Å². The van der Waals surface area contributed by atoms with Crippen molar-refractivity contribution in [1.29, 1.82) is 0 Å². The molecule has 0 aromatic heterocycles. The van der Waals surface area contributed by atoms with Gasteiger partial charge in [0.1, 0.15) is 13.1 Å². The van der Waals surface area contributed by atoms with Crippen molar-refractivity contribution in [1.82, 2.24) is 15.1 Å². The number of halogens is 3. The molecule has 0 aromatic carbocycles. The Morgan fingerprint density at radius 3 is 2.38 bits per heavy atom. The van der Waals surface area contributed by atoms with Crippen molar-refractivity contribution in [3.8, 4) is 0 Å². The van der Waals surface area contributed by atoms with Crippen LogP contribution in [0.4, 0.5) is 13.2 Å². The highest BCUT2D eigenvalue weighted by Crippen LogP contribution is 2.19. The van der Waals surface area contributed by atoms with Gasteiger partial charge in [-0.2, -0.15) is 13.2 Å². The van der Waals surface area contributed by atoms with Crippen molar-refractivity contribution in [3.63, 3.8) is 0 Å². The average molecular weight is 311 g/mol. The fourth-order valence-corrected chi connectivity index (χ4v) is 2.02. The van der Waals surface area contributed by atoms with Crippen molar-refractivity contribution in [2.45, 2.75) is 24.7 Å². The molecule has 2 unspecified atom stereocenters. The maximum absolute atomic E-state index is 12.6. The first kappa shape index (κ1) is 17.7. The van der Waals surface area contributed by atoms with E-state index >= 15 is 0 Å². The number of carbonyl (C=O) groups is 2. The Kier molecular flexibility index (Phi) is 5.97. The zero-order valence-corrected chi connectivity index (χ0v) is 12.2. The second-order valence-electron chi connectivity index (χ2n) is 5.15. The van der Waals surface area contributed by atoms with Crippen molar-refractivity contribution in [3.05, 3.63) is 0 Å². The third-order valence-corrected chi connectivity index (χ3v) is 3.23. The standard InChI is InChI=1S/C12H20F3N3O3/c1-17(2)10(19)6-18(7-12(13,14)15)11(20)9-4-8(21-3)5-16-9/h8-9,16H,4-7H2,1-3H3. The molecule has 1 fully saturated rings. The first-order valence-corrected chi connectivity index (χ1v) is 6.46. The molecule has 0 saturated carbocycles. The van der Waals surface area contributed by atoms with Crippen molar-refractivity contribution in [2.24, 2.45) is 0 Å². The van der Waals surface area contributed by atoms with Crippen LogP contribution in [0.25, 0.3) is 0 Å². The zero-order chi connectivity index (χ0) is 16.2. The van der Waals surface area contributed by atoms with Crippen molar-refractivity contribution in [2.75, 3.05) is 40.8 Å². The van der Waals surface area contributed by atoms with Gasteiger partial charge in [0.25, 0.3) is 0 Å². The summed E-state index contributed by atoms with van der Waals surface area (Å²) in [5.74, 6) is -1.30.